The van der Waals surface area contributed by atoms with E-state index >= 15 is 0 Å². The Balaban J connectivity index is 1.90. The van der Waals surface area contributed by atoms with Crippen LogP contribution in [0.15, 0.2) is 53.5 Å². The molecule has 0 aliphatic carbocycles. The molecule has 124 valence electrons. The maximum atomic E-state index is 8.82. The molecular weight excluding hydrogens is 320 g/mol. The topological polar surface area (TPSA) is 60.2 Å². The molecule has 0 saturated heterocycles. The first kappa shape index (κ1) is 17.8. The van der Waals surface area contributed by atoms with E-state index in [0.29, 0.717) is 12.1 Å². The van der Waals surface area contributed by atoms with E-state index < -0.39 is 0 Å². The first-order valence-corrected chi connectivity index (χ1v) is 8.35. The van der Waals surface area contributed by atoms with Crippen LogP contribution in [0.2, 0.25) is 5.02 Å². The molecule has 0 unspecified atom stereocenters. The van der Waals surface area contributed by atoms with E-state index in [1.807, 2.05) is 55.5 Å². The first-order chi connectivity index (χ1) is 11.7. The smallest absolute Gasteiger partial charge is 0.191 e. The quantitative estimate of drug-likeness (QED) is 0.625. The van der Waals surface area contributed by atoms with Crippen LogP contribution in [0.4, 0.5) is 0 Å². The molecule has 0 atom stereocenters. The molecule has 2 aromatic rings. The van der Waals surface area contributed by atoms with Crippen molar-refractivity contribution in [1.29, 1.82) is 5.26 Å². The van der Waals surface area contributed by atoms with Gasteiger partial charge in [0.15, 0.2) is 5.96 Å². The normalized spacial score (nSPS) is 11.0. The summed E-state index contributed by atoms with van der Waals surface area (Å²) >= 11 is 6.17. The van der Waals surface area contributed by atoms with Crippen LogP contribution in [-0.2, 0) is 13.0 Å². The lowest BCUT2D eigenvalue weighted by atomic mass is 10.1. The molecule has 0 amide bonds. The molecule has 0 saturated carbocycles. The predicted octanol–water partition coefficient (Wildman–Crippen LogP) is 3.51. The van der Waals surface area contributed by atoms with Crippen LogP contribution in [0.25, 0.3) is 0 Å². The van der Waals surface area contributed by atoms with Gasteiger partial charge in [0.05, 0.1) is 18.2 Å². The third kappa shape index (κ3) is 5.60. The molecule has 0 aliphatic rings. The average molecular weight is 341 g/mol. The molecule has 0 radical (unpaired) electrons. The Kier molecular flexibility index (Phi) is 7.13. The maximum absolute atomic E-state index is 8.82. The summed E-state index contributed by atoms with van der Waals surface area (Å²) in [6.45, 7) is 4.15. The lowest BCUT2D eigenvalue weighted by molar-refractivity contribution is 0.799. The van der Waals surface area contributed by atoms with Crippen molar-refractivity contribution in [2.45, 2.75) is 19.9 Å². The SMILES string of the molecule is CCNC(=NCc1ccc(C#N)cc1)NCCc1ccccc1Cl. The van der Waals surface area contributed by atoms with Gasteiger partial charge in [-0.15, -0.1) is 0 Å². The molecule has 2 rings (SSSR count). The highest BCUT2D eigenvalue weighted by atomic mass is 35.5. The Bertz CT molecular complexity index is 717. The lowest BCUT2D eigenvalue weighted by Crippen LogP contribution is -2.38. The molecule has 4 nitrogen and oxygen atoms in total. The molecular formula is C19H21ClN4. The van der Waals surface area contributed by atoms with Crippen molar-refractivity contribution >= 4 is 17.6 Å². The summed E-state index contributed by atoms with van der Waals surface area (Å²) in [6, 6.07) is 17.4. The van der Waals surface area contributed by atoms with E-state index in [2.05, 4.69) is 21.7 Å². The Labute approximate surface area is 148 Å². The predicted molar refractivity (Wildman–Crippen MR) is 99.1 cm³/mol. The van der Waals surface area contributed by atoms with E-state index in [-0.39, 0.29) is 0 Å². The van der Waals surface area contributed by atoms with Crippen molar-refractivity contribution in [3.8, 4) is 6.07 Å². The van der Waals surface area contributed by atoms with Gasteiger partial charge in [0.2, 0.25) is 0 Å². The monoisotopic (exact) mass is 340 g/mol. The van der Waals surface area contributed by atoms with Crippen molar-refractivity contribution in [2.24, 2.45) is 4.99 Å². The molecule has 2 N–H and O–H groups in total. The number of guanidine groups is 1. The van der Waals surface area contributed by atoms with Crippen molar-refractivity contribution < 1.29 is 0 Å². The third-order valence-corrected chi connectivity index (χ3v) is 3.86. The number of hydrogen-bond donors (Lipinski definition) is 2. The average Bonchev–Trinajstić information content (AvgIpc) is 2.61. The third-order valence-electron chi connectivity index (χ3n) is 3.49. The Morgan fingerprint density at radius 3 is 2.54 bits per heavy atom. The molecule has 2 aromatic carbocycles. The zero-order valence-electron chi connectivity index (χ0n) is 13.7. The second kappa shape index (κ2) is 9.59. The molecule has 24 heavy (non-hydrogen) atoms. The minimum Gasteiger partial charge on any atom is -0.357 e. The highest BCUT2D eigenvalue weighted by Crippen LogP contribution is 2.14. The summed E-state index contributed by atoms with van der Waals surface area (Å²) in [7, 11) is 0. The van der Waals surface area contributed by atoms with Gasteiger partial charge in [0.1, 0.15) is 0 Å². The Hall–Kier alpha value is -2.51. The van der Waals surface area contributed by atoms with Gasteiger partial charge in [0.25, 0.3) is 0 Å². The van der Waals surface area contributed by atoms with Gasteiger partial charge in [0, 0.05) is 18.1 Å². The summed E-state index contributed by atoms with van der Waals surface area (Å²) in [5.74, 6) is 0.772. The highest BCUT2D eigenvalue weighted by Gasteiger charge is 2.01. The van der Waals surface area contributed by atoms with Crippen LogP contribution in [0.1, 0.15) is 23.6 Å². The van der Waals surface area contributed by atoms with Crippen molar-refractivity contribution in [3.05, 3.63) is 70.2 Å². The lowest BCUT2D eigenvalue weighted by Gasteiger charge is -2.12. The summed E-state index contributed by atoms with van der Waals surface area (Å²) in [5.41, 5.74) is 2.85. The minimum atomic E-state index is 0.563. The van der Waals surface area contributed by atoms with Gasteiger partial charge in [-0.2, -0.15) is 5.26 Å². The van der Waals surface area contributed by atoms with E-state index in [4.69, 9.17) is 16.9 Å². The summed E-state index contributed by atoms with van der Waals surface area (Å²) < 4.78 is 0. The van der Waals surface area contributed by atoms with Crippen LogP contribution in [0.5, 0.6) is 0 Å². The summed E-state index contributed by atoms with van der Waals surface area (Å²) in [5, 5.41) is 16.2. The summed E-state index contributed by atoms with van der Waals surface area (Å²) in [4.78, 5) is 4.57. The Morgan fingerprint density at radius 2 is 1.88 bits per heavy atom. The van der Waals surface area contributed by atoms with Gasteiger partial charge in [-0.3, -0.25) is 0 Å². The molecule has 0 aromatic heterocycles. The summed E-state index contributed by atoms with van der Waals surface area (Å²) in [6.07, 6.45) is 0.834. The van der Waals surface area contributed by atoms with E-state index in [1.54, 1.807) is 0 Å². The van der Waals surface area contributed by atoms with Crippen molar-refractivity contribution in [3.63, 3.8) is 0 Å². The second-order valence-corrected chi connectivity index (χ2v) is 5.68. The minimum absolute atomic E-state index is 0.563. The van der Waals surface area contributed by atoms with Crippen LogP contribution in [0.3, 0.4) is 0 Å². The number of nitrogens with zero attached hydrogens (tertiary/aromatic N) is 2. The van der Waals surface area contributed by atoms with Crippen LogP contribution in [0, 0.1) is 11.3 Å². The second-order valence-electron chi connectivity index (χ2n) is 5.27. The first-order valence-electron chi connectivity index (χ1n) is 7.97. The molecule has 0 fully saturated rings. The number of benzene rings is 2. The molecule has 0 heterocycles. The zero-order valence-corrected chi connectivity index (χ0v) is 14.5. The van der Waals surface area contributed by atoms with Gasteiger partial charge >= 0.3 is 0 Å². The number of nitriles is 1. The fourth-order valence-electron chi connectivity index (χ4n) is 2.21. The standard InChI is InChI=1S/C19H21ClN4/c1-2-22-19(23-12-11-17-5-3-4-6-18(17)20)24-14-16-9-7-15(13-21)8-10-16/h3-10H,2,11-12,14H2,1H3,(H2,22,23,24). The van der Waals surface area contributed by atoms with Gasteiger partial charge in [-0.05, 0) is 42.7 Å². The maximum Gasteiger partial charge on any atom is 0.191 e. The largest absolute Gasteiger partial charge is 0.357 e. The molecule has 5 heteroatoms. The highest BCUT2D eigenvalue weighted by molar-refractivity contribution is 6.31. The number of aliphatic imine (C=N–C) groups is 1. The van der Waals surface area contributed by atoms with Gasteiger partial charge in [-0.1, -0.05) is 41.9 Å². The number of hydrogen-bond acceptors (Lipinski definition) is 2. The van der Waals surface area contributed by atoms with E-state index in [1.165, 1.54) is 0 Å². The fourth-order valence-corrected chi connectivity index (χ4v) is 2.44. The van der Waals surface area contributed by atoms with Crippen molar-refractivity contribution in [2.75, 3.05) is 13.1 Å². The zero-order chi connectivity index (χ0) is 17.2. The van der Waals surface area contributed by atoms with Gasteiger partial charge < -0.3 is 10.6 Å². The van der Waals surface area contributed by atoms with Crippen LogP contribution < -0.4 is 10.6 Å². The molecule has 0 bridgehead atoms. The Morgan fingerprint density at radius 1 is 1.12 bits per heavy atom. The number of halogens is 1. The molecule has 0 aliphatic heterocycles. The molecule has 0 spiro atoms. The van der Waals surface area contributed by atoms with Gasteiger partial charge in [-0.25, -0.2) is 4.99 Å². The van der Waals surface area contributed by atoms with Crippen LogP contribution >= 0.6 is 11.6 Å². The van der Waals surface area contributed by atoms with E-state index in [9.17, 15) is 0 Å². The van der Waals surface area contributed by atoms with Crippen molar-refractivity contribution in [1.82, 2.24) is 10.6 Å². The number of nitrogens with one attached hydrogen (secondary N) is 2. The number of rotatable bonds is 6. The fraction of sp³-hybridized carbons (Fsp3) is 0.263. The van der Waals surface area contributed by atoms with E-state index in [0.717, 1.165) is 41.6 Å². The van der Waals surface area contributed by atoms with Crippen LogP contribution in [-0.4, -0.2) is 19.0 Å².